The molecular formula is C17H27NO2S. The summed E-state index contributed by atoms with van der Waals surface area (Å²) < 4.78 is 5.70. The molecule has 0 fully saturated rings. The standard InChI is InChI=1S/C17H27NO2S/c1-6-16(12-21-5)18(4)11-15-10-14(13(3)19)8-9-17(15)20-7-2/h8-10,16H,6-7,11-12H2,1-5H3. The van der Waals surface area contributed by atoms with Gasteiger partial charge in [0.25, 0.3) is 0 Å². The second kappa shape index (κ2) is 9.11. The van der Waals surface area contributed by atoms with Crippen LogP contribution in [0.4, 0.5) is 0 Å². The van der Waals surface area contributed by atoms with E-state index in [9.17, 15) is 4.79 Å². The number of benzene rings is 1. The zero-order valence-corrected chi connectivity index (χ0v) is 14.6. The minimum Gasteiger partial charge on any atom is -0.494 e. The normalized spacial score (nSPS) is 12.5. The van der Waals surface area contributed by atoms with Gasteiger partial charge in [0.1, 0.15) is 5.75 Å². The van der Waals surface area contributed by atoms with Crippen LogP contribution in [-0.2, 0) is 6.54 Å². The van der Waals surface area contributed by atoms with Gasteiger partial charge in [-0.15, -0.1) is 0 Å². The van der Waals surface area contributed by atoms with Gasteiger partial charge in [-0.3, -0.25) is 9.69 Å². The molecule has 0 radical (unpaired) electrons. The number of thioether (sulfide) groups is 1. The molecule has 1 aromatic carbocycles. The van der Waals surface area contributed by atoms with Gasteiger partial charge in [0, 0.05) is 29.5 Å². The van der Waals surface area contributed by atoms with Gasteiger partial charge in [-0.1, -0.05) is 6.92 Å². The van der Waals surface area contributed by atoms with Crippen molar-refractivity contribution in [1.29, 1.82) is 0 Å². The Bertz CT molecular complexity index is 462. The maximum atomic E-state index is 11.6. The lowest BCUT2D eigenvalue weighted by atomic mass is 10.1. The van der Waals surface area contributed by atoms with Gasteiger partial charge in [0.15, 0.2) is 5.78 Å². The Morgan fingerprint density at radius 3 is 2.62 bits per heavy atom. The number of hydrogen-bond donors (Lipinski definition) is 0. The van der Waals surface area contributed by atoms with Gasteiger partial charge in [-0.2, -0.15) is 11.8 Å². The Kier molecular flexibility index (Phi) is 7.83. The Hall–Kier alpha value is -1.00. The number of Topliss-reactive ketones (excluding diaryl/α,β-unsaturated/α-hetero) is 1. The van der Waals surface area contributed by atoms with Gasteiger partial charge >= 0.3 is 0 Å². The minimum atomic E-state index is 0.0955. The lowest BCUT2D eigenvalue weighted by Gasteiger charge is -2.27. The summed E-state index contributed by atoms with van der Waals surface area (Å²) in [5.41, 5.74) is 1.84. The average molecular weight is 309 g/mol. The third kappa shape index (κ3) is 5.36. The molecule has 3 nitrogen and oxygen atoms in total. The molecule has 0 spiro atoms. The molecule has 4 heteroatoms. The van der Waals surface area contributed by atoms with Crippen molar-refractivity contribution in [3.63, 3.8) is 0 Å². The molecule has 0 amide bonds. The fraction of sp³-hybridized carbons (Fsp3) is 0.588. The first-order chi connectivity index (χ1) is 10.0. The molecule has 0 saturated carbocycles. The molecule has 21 heavy (non-hydrogen) atoms. The summed E-state index contributed by atoms with van der Waals surface area (Å²) in [4.78, 5) is 13.9. The Morgan fingerprint density at radius 1 is 1.38 bits per heavy atom. The van der Waals surface area contributed by atoms with E-state index in [1.807, 2.05) is 36.9 Å². The van der Waals surface area contributed by atoms with E-state index in [0.717, 1.165) is 35.6 Å². The molecule has 0 aliphatic carbocycles. The summed E-state index contributed by atoms with van der Waals surface area (Å²) in [5.74, 6) is 2.09. The highest BCUT2D eigenvalue weighted by Crippen LogP contribution is 2.23. The highest BCUT2D eigenvalue weighted by molar-refractivity contribution is 7.98. The molecule has 0 aromatic heterocycles. The van der Waals surface area contributed by atoms with Crippen molar-refractivity contribution in [3.05, 3.63) is 29.3 Å². The molecule has 118 valence electrons. The number of carbonyl (C=O) groups excluding carboxylic acids is 1. The monoisotopic (exact) mass is 309 g/mol. The largest absolute Gasteiger partial charge is 0.494 e. The molecule has 0 bridgehead atoms. The predicted octanol–water partition coefficient (Wildman–Crippen LogP) is 3.86. The van der Waals surface area contributed by atoms with Crippen molar-refractivity contribution in [2.24, 2.45) is 0 Å². The minimum absolute atomic E-state index is 0.0955. The summed E-state index contributed by atoms with van der Waals surface area (Å²) in [6, 6.07) is 6.26. The van der Waals surface area contributed by atoms with Crippen LogP contribution in [0.2, 0.25) is 0 Å². The van der Waals surface area contributed by atoms with E-state index in [4.69, 9.17) is 4.74 Å². The van der Waals surface area contributed by atoms with Crippen LogP contribution in [0.1, 0.15) is 43.1 Å². The molecule has 1 atom stereocenters. The molecular weight excluding hydrogens is 282 g/mol. The maximum Gasteiger partial charge on any atom is 0.159 e. The van der Waals surface area contributed by atoms with Crippen LogP contribution < -0.4 is 4.74 Å². The van der Waals surface area contributed by atoms with Gasteiger partial charge in [0.2, 0.25) is 0 Å². The number of nitrogens with zero attached hydrogens (tertiary/aromatic N) is 1. The van der Waals surface area contributed by atoms with Crippen LogP contribution >= 0.6 is 11.8 Å². The third-order valence-corrected chi connectivity index (χ3v) is 4.36. The Morgan fingerprint density at radius 2 is 2.10 bits per heavy atom. The van der Waals surface area contributed by atoms with Crippen LogP contribution in [-0.4, -0.2) is 42.4 Å². The third-order valence-electron chi connectivity index (χ3n) is 3.64. The van der Waals surface area contributed by atoms with E-state index in [-0.39, 0.29) is 5.78 Å². The number of carbonyl (C=O) groups is 1. The average Bonchev–Trinajstić information content (AvgIpc) is 2.46. The van der Waals surface area contributed by atoms with Crippen molar-refractivity contribution >= 4 is 17.5 Å². The van der Waals surface area contributed by atoms with E-state index in [2.05, 4.69) is 25.1 Å². The molecule has 1 aromatic rings. The number of rotatable bonds is 9. The first-order valence-electron chi connectivity index (χ1n) is 7.49. The molecule has 0 saturated heterocycles. The van der Waals surface area contributed by atoms with Crippen LogP contribution in [0.3, 0.4) is 0 Å². The quantitative estimate of drug-likeness (QED) is 0.648. The SMILES string of the molecule is CCOc1ccc(C(C)=O)cc1CN(C)C(CC)CSC. The summed E-state index contributed by atoms with van der Waals surface area (Å²) in [7, 11) is 2.14. The molecule has 0 aliphatic heterocycles. The maximum absolute atomic E-state index is 11.6. The van der Waals surface area contributed by atoms with Gasteiger partial charge in [0.05, 0.1) is 6.61 Å². The second-order valence-corrected chi connectivity index (χ2v) is 6.15. The number of ether oxygens (including phenoxy) is 1. The zero-order chi connectivity index (χ0) is 15.8. The van der Waals surface area contributed by atoms with E-state index in [0.29, 0.717) is 12.6 Å². The summed E-state index contributed by atoms with van der Waals surface area (Å²) in [6.45, 7) is 7.24. The van der Waals surface area contributed by atoms with Crippen molar-refractivity contribution in [3.8, 4) is 5.75 Å². The van der Waals surface area contributed by atoms with Crippen LogP contribution in [0, 0.1) is 0 Å². The first-order valence-corrected chi connectivity index (χ1v) is 8.88. The summed E-state index contributed by atoms with van der Waals surface area (Å²) in [6.07, 6.45) is 3.26. The number of ketones is 1. The highest BCUT2D eigenvalue weighted by atomic mass is 32.2. The van der Waals surface area contributed by atoms with Crippen LogP contribution in [0.5, 0.6) is 5.75 Å². The van der Waals surface area contributed by atoms with Gasteiger partial charge < -0.3 is 4.74 Å². The van der Waals surface area contributed by atoms with Gasteiger partial charge in [-0.05, 0) is 51.8 Å². The van der Waals surface area contributed by atoms with Gasteiger partial charge in [-0.25, -0.2) is 0 Å². The van der Waals surface area contributed by atoms with Crippen LogP contribution in [0.15, 0.2) is 18.2 Å². The fourth-order valence-corrected chi connectivity index (χ4v) is 3.24. The first kappa shape index (κ1) is 18.1. The zero-order valence-electron chi connectivity index (χ0n) is 13.8. The summed E-state index contributed by atoms with van der Waals surface area (Å²) in [5, 5.41) is 0. The smallest absolute Gasteiger partial charge is 0.159 e. The van der Waals surface area contributed by atoms with Crippen molar-refractivity contribution < 1.29 is 9.53 Å². The molecule has 1 rings (SSSR count). The lowest BCUT2D eigenvalue weighted by molar-refractivity contribution is 0.101. The summed E-state index contributed by atoms with van der Waals surface area (Å²) >= 11 is 1.87. The predicted molar refractivity (Wildman–Crippen MR) is 91.5 cm³/mol. The van der Waals surface area contributed by atoms with E-state index < -0.39 is 0 Å². The van der Waals surface area contributed by atoms with E-state index in [1.54, 1.807) is 6.92 Å². The van der Waals surface area contributed by atoms with Crippen molar-refractivity contribution in [2.45, 2.75) is 39.8 Å². The fourth-order valence-electron chi connectivity index (χ4n) is 2.37. The molecule has 1 unspecified atom stereocenters. The Balaban J connectivity index is 2.97. The molecule has 0 aliphatic rings. The van der Waals surface area contributed by atoms with Crippen molar-refractivity contribution in [2.75, 3.05) is 25.7 Å². The second-order valence-electron chi connectivity index (χ2n) is 5.24. The van der Waals surface area contributed by atoms with Crippen molar-refractivity contribution in [1.82, 2.24) is 4.90 Å². The van der Waals surface area contributed by atoms with E-state index >= 15 is 0 Å². The topological polar surface area (TPSA) is 29.5 Å². The van der Waals surface area contributed by atoms with Crippen LogP contribution in [0.25, 0.3) is 0 Å². The lowest BCUT2D eigenvalue weighted by Crippen LogP contribution is -2.32. The Labute approximate surface area is 133 Å². The number of hydrogen-bond acceptors (Lipinski definition) is 4. The molecule has 0 heterocycles. The van der Waals surface area contributed by atoms with E-state index in [1.165, 1.54) is 0 Å². The molecule has 0 N–H and O–H groups in total. The highest BCUT2D eigenvalue weighted by Gasteiger charge is 2.15.